The van der Waals surface area contributed by atoms with Gasteiger partial charge in [-0.2, -0.15) is 0 Å². The van der Waals surface area contributed by atoms with E-state index in [0.29, 0.717) is 5.00 Å². The molecular weight excluding hydrogens is 348 g/mol. The number of hydrogen-bond donors (Lipinski definition) is 1. The Morgan fingerprint density at radius 2 is 1.65 bits per heavy atom. The van der Waals surface area contributed by atoms with Crippen LogP contribution >= 0.6 is 11.3 Å². The number of carbonyl (C=O) groups is 2. The average molecular weight is 379 g/mol. The Balaban J connectivity index is 1.90. The fourth-order valence-corrected chi connectivity index (χ4v) is 4.98. The molecule has 0 aromatic carbocycles. The molecular formula is C20H30N2O3S. The zero-order chi connectivity index (χ0) is 18.7. The Hall–Kier alpha value is -1.56. The first-order valence-corrected chi connectivity index (χ1v) is 10.6. The van der Waals surface area contributed by atoms with Crippen molar-refractivity contribution in [1.29, 1.82) is 0 Å². The number of nitrogens with zero attached hydrogens (tertiary/aromatic N) is 1. The van der Waals surface area contributed by atoms with Crippen LogP contribution in [0.2, 0.25) is 0 Å². The van der Waals surface area contributed by atoms with Crippen molar-refractivity contribution in [2.75, 3.05) is 18.4 Å². The van der Waals surface area contributed by atoms with Gasteiger partial charge >= 0.3 is 6.09 Å². The van der Waals surface area contributed by atoms with Gasteiger partial charge < -0.3 is 9.64 Å². The third-order valence-corrected chi connectivity index (χ3v) is 6.10. The molecule has 0 saturated carbocycles. The minimum absolute atomic E-state index is 0.0789. The molecule has 1 aliphatic carbocycles. The monoisotopic (exact) mass is 378 g/mol. The molecule has 144 valence electrons. The Kier molecular flexibility index (Phi) is 5.90. The molecule has 0 atom stereocenters. The van der Waals surface area contributed by atoms with E-state index in [1.54, 1.807) is 11.3 Å². The summed E-state index contributed by atoms with van der Waals surface area (Å²) in [5.41, 5.74) is 1.32. The van der Waals surface area contributed by atoms with Crippen molar-refractivity contribution in [2.24, 2.45) is 0 Å². The molecule has 1 saturated heterocycles. The van der Waals surface area contributed by atoms with E-state index in [0.717, 1.165) is 62.7 Å². The standard InChI is InChI=1S/C20H30N2O3S/c1-20(2,3)25-19(24)21-17-16(18(23)22-12-8-5-9-13-22)14-10-6-4-7-11-15(14)26-17/h4-13H2,1-3H3,(H,21,24). The van der Waals surface area contributed by atoms with Crippen LogP contribution in [0.5, 0.6) is 0 Å². The summed E-state index contributed by atoms with van der Waals surface area (Å²) in [7, 11) is 0. The summed E-state index contributed by atoms with van der Waals surface area (Å²) < 4.78 is 5.41. The highest BCUT2D eigenvalue weighted by molar-refractivity contribution is 7.17. The smallest absolute Gasteiger partial charge is 0.412 e. The van der Waals surface area contributed by atoms with Gasteiger partial charge in [-0.1, -0.05) is 6.42 Å². The second-order valence-electron chi connectivity index (χ2n) is 8.25. The van der Waals surface area contributed by atoms with Crippen molar-refractivity contribution < 1.29 is 14.3 Å². The molecule has 2 amide bonds. The largest absolute Gasteiger partial charge is 0.444 e. The lowest BCUT2D eigenvalue weighted by Crippen LogP contribution is -2.36. The van der Waals surface area contributed by atoms with Crippen molar-refractivity contribution in [3.63, 3.8) is 0 Å². The summed E-state index contributed by atoms with van der Waals surface area (Å²) in [4.78, 5) is 28.8. The summed E-state index contributed by atoms with van der Waals surface area (Å²) in [6.07, 6.45) is 8.21. The molecule has 1 N–H and O–H groups in total. The second-order valence-corrected chi connectivity index (χ2v) is 9.35. The molecule has 26 heavy (non-hydrogen) atoms. The molecule has 1 aliphatic heterocycles. The Bertz CT molecular complexity index is 669. The van der Waals surface area contributed by atoms with Crippen LogP contribution in [0.25, 0.3) is 0 Å². The third kappa shape index (κ3) is 4.58. The van der Waals surface area contributed by atoms with Crippen molar-refractivity contribution >= 4 is 28.3 Å². The van der Waals surface area contributed by atoms with Crippen LogP contribution < -0.4 is 5.32 Å². The highest BCUT2D eigenvalue weighted by atomic mass is 32.1. The van der Waals surface area contributed by atoms with Gasteiger partial charge in [-0.3, -0.25) is 10.1 Å². The molecule has 6 heteroatoms. The number of carbonyl (C=O) groups excluding carboxylic acids is 2. The van der Waals surface area contributed by atoms with Gasteiger partial charge in [0, 0.05) is 18.0 Å². The predicted molar refractivity (Wildman–Crippen MR) is 105 cm³/mol. The third-order valence-electron chi connectivity index (χ3n) is 4.89. The SMILES string of the molecule is CC(C)(C)OC(=O)Nc1sc2c(c1C(=O)N1CCCCC1)CCCCC2. The number of piperidine rings is 1. The van der Waals surface area contributed by atoms with Crippen LogP contribution in [0.3, 0.4) is 0 Å². The number of likely N-dealkylation sites (tertiary alicyclic amines) is 1. The Morgan fingerprint density at radius 1 is 1.00 bits per heavy atom. The van der Waals surface area contributed by atoms with E-state index in [-0.39, 0.29) is 5.91 Å². The van der Waals surface area contributed by atoms with Crippen molar-refractivity contribution in [3.8, 4) is 0 Å². The average Bonchev–Trinajstić information content (AvgIpc) is 2.74. The van der Waals surface area contributed by atoms with E-state index in [1.807, 2.05) is 25.7 Å². The first-order chi connectivity index (χ1) is 12.3. The maximum absolute atomic E-state index is 13.3. The van der Waals surface area contributed by atoms with Gasteiger partial charge in [0.15, 0.2) is 0 Å². The van der Waals surface area contributed by atoms with Crippen LogP contribution in [-0.2, 0) is 17.6 Å². The molecule has 0 bridgehead atoms. The maximum Gasteiger partial charge on any atom is 0.412 e. The van der Waals surface area contributed by atoms with Crippen molar-refractivity contribution in [2.45, 2.75) is 77.7 Å². The maximum atomic E-state index is 13.3. The topological polar surface area (TPSA) is 58.6 Å². The molecule has 2 heterocycles. The van der Waals surface area contributed by atoms with Gasteiger partial charge in [-0.05, 0) is 71.3 Å². The molecule has 0 spiro atoms. The fourth-order valence-electron chi connectivity index (χ4n) is 3.71. The van der Waals surface area contributed by atoms with Gasteiger partial charge in [-0.25, -0.2) is 4.79 Å². The van der Waals surface area contributed by atoms with Gasteiger partial charge in [0.25, 0.3) is 5.91 Å². The van der Waals surface area contributed by atoms with Gasteiger partial charge in [-0.15, -0.1) is 11.3 Å². The van der Waals surface area contributed by atoms with Gasteiger partial charge in [0.2, 0.25) is 0 Å². The summed E-state index contributed by atoms with van der Waals surface area (Å²) >= 11 is 1.56. The number of aryl methyl sites for hydroxylation is 1. The predicted octanol–water partition coefficient (Wildman–Crippen LogP) is 4.99. The molecule has 0 unspecified atom stereocenters. The molecule has 1 aromatic heterocycles. The first-order valence-electron chi connectivity index (χ1n) is 9.79. The fraction of sp³-hybridized carbons (Fsp3) is 0.700. The lowest BCUT2D eigenvalue weighted by molar-refractivity contribution is 0.0636. The van der Waals surface area contributed by atoms with E-state index >= 15 is 0 Å². The van der Waals surface area contributed by atoms with Crippen LogP contribution in [0.15, 0.2) is 0 Å². The zero-order valence-electron chi connectivity index (χ0n) is 16.2. The zero-order valence-corrected chi connectivity index (χ0v) is 17.0. The molecule has 5 nitrogen and oxygen atoms in total. The van der Waals surface area contributed by atoms with E-state index in [1.165, 1.54) is 17.7 Å². The second kappa shape index (κ2) is 7.99. The van der Waals surface area contributed by atoms with Crippen LogP contribution in [-0.4, -0.2) is 35.6 Å². The molecule has 1 aromatic rings. The van der Waals surface area contributed by atoms with Gasteiger partial charge in [0.1, 0.15) is 10.6 Å². The molecule has 1 fully saturated rings. The summed E-state index contributed by atoms with van der Waals surface area (Å²) in [6, 6.07) is 0. The number of hydrogen-bond acceptors (Lipinski definition) is 4. The van der Waals surface area contributed by atoms with Crippen molar-refractivity contribution in [3.05, 3.63) is 16.0 Å². The normalized spacial score (nSPS) is 18.0. The Morgan fingerprint density at radius 3 is 2.35 bits per heavy atom. The number of amides is 2. The summed E-state index contributed by atoms with van der Waals surface area (Å²) in [6.45, 7) is 7.16. The number of fused-ring (bicyclic) bond motifs is 1. The van der Waals surface area contributed by atoms with E-state index in [9.17, 15) is 9.59 Å². The first kappa shape index (κ1) is 19.2. The van der Waals surface area contributed by atoms with Gasteiger partial charge in [0.05, 0.1) is 5.56 Å². The van der Waals surface area contributed by atoms with Crippen LogP contribution in [0.1, 0.15) is 80.1 Å². The quantitative estimate of drug-likeness (QED) is 0.738. The highest BCUT2D eigenvalue weighted by Crippen LogP contribution is 2.38. The number of thiophene rings is 1. The number of ether oxygens (including phenoxy) is 1. The Labute approximate surface area is 160 Å². The number of anilines is 1. The molecule has 3 rings (SSSR count). The minimum atomic E-state index is -0.560. The van der Waals surface area contributed by atoms with E-state index in [2.05, 4.69) is 5.32 Å². The van der Waals surface area contributed by atoms with E-state index in [4.69, 9.17) is 4.74 Å². The summed E-state index contributed by atoms with van der Waals surface area (Å²) in [5, 5.41) is 3.54. The molecule has 0 radical (unpaired) electrons. The van der Waals surface area contributed by atoms with Crippen LogP contribution in [0, 0.1) is 0 Å². The minimum Gasteiger partial charge on any atom is -0.444 e. The number of nitrogens with one attached hydrogen (secondary N) is 1. The highest BCUT2D eigenvalue weighted by Gasteiger charge is 2.30. The number of rotatable bonds is 2. The van der Waals surface area contributed by atoms with Crippen molar-refractivity contribution in [1.82, 2.24) is 4.90 Å². The molecule has 2 aliphatic rings. The summed E-state index contributed by atoms with van der Waals surface area (Å²) in [5.74, 6) is 0.0789. The lowest BCUT2D eigenvalue weighted by Gasteiger charge is -2.27. The lowest BCUT2D eigenvalue weighted by atomic mass is 10.0. The van der Waals surface area contributed by atoms with E-state index < -0.39 is 11.7 Å². The van der Waals surface area contributed by atoms with Crippen LogP contribution in [0.4, 0.5) is 9.80 Å².